The summed E-state index contributed by atoms with van der Waals surface area (Å²) in [5, 5.41) is 9.55. The molecule has 1 aliphatic heterocycles. The number of likely N-dealkylation sites (tertiary alicyclic amines) is 1. The lowest BCUT2D eigenvalue weighted by Crippen LogP contribution is -2.63. The second-order valence-electron chi connectivity index (χ2n) is 4.16. The molecule has 2 nitrogen and oxygen atoms in total. The van der Waals surface area contributed by atoms with Gasteiger partial charge >= 0.3 is 0 Å². The van der Waals surface area contributed by atoms with Crippen molar-refractivity contribution in [2.75, 3.05) is 13.6 Å². The Balaban J connectivity index is 1.92. The molecule has 0 bridgehead atoms. The van der Waals surface area contributed by atoms with Gasteiger partial charge in [-0.2, -0.15) is 0 Å². The summed E-state index contributed by atoms with van der Waals surface area (Å²) >= 11 is 0. The minimum Gasteiger partial charge on any atom is -0.391 e. The van der Waals surface area contributed by atoms with Crippen LogP contribution in [0, 0.1) is 17.8 Å². The molecule has 0 radical (unpaired) electrons. The van der Waals surface area contributed by atoms with Crippen LogP contribution >= 0.6 is 0 Å². The van der Waals surface area contributed by atoms with Gasteiger partial charge in [0.15, 0.2) is 0 Å². The van der Waals surface area contributed by atoms with Crippen LogP contribution in [0.2, 0.25) is 0 Å². The van der Waals surface area contributed by atoms with Crippen LogP contribution < -0.4 is 0 Å². The minimum absolute atomic E-state index is 0.0220. The fourth-order valence-electron chi connectivity index (χ4n) is 3.29. The number of nitrogens with zero attached hydrogens (tertiary/aromatic N) is 1. The van der Waals surface area contributed by atoms with Gasteiger partial charge in [-0.05, 0) is 31.2 Å². The average molecular weight is 139 g/mol. The molecule has 3 fully saturated rings. The molecule has 2 heteroatoms. The molecular weight excluding hydrogens is 126 g/mol. The Hall–Kier alpha value is -0.0800. The zero-order valence-electron chi connectivity index (χ0n) is 6.20. The molecule has 2 saturated carbocycles. The van der Waals surface area contributed by atoms with Crippen LogP contribution in [0.1, 0.15) is 6.42 Å². The van der Waals surface area contributed by atoms with Gasteiger partial charge in [-0.3, -0.25) is 0 Å². The summed E-state index contributed by atoms with van der Waals surface area (Å²) in [6, 6.07) is 0.545. The number of likely N-dealkylation sites (N-methyl/N-ethyl adjacent to an activating group) is 1. The standard InChI is InChI=1S/C8H13NO/c1-9-3-4-2-5-6(4)7(9)8(5)10/h4-8,10H,2-3H2,1H3/t4-,5?,6+,7+,8+/m1/s1. The normalized spacial score (nSPS) is 64.8. The first-order valence-corrected chi connectivity index (χ1v) is 4.17. The van der Waals surface area contributed by atoms with E-state index < -0.39 is 0 Å². The molecule has 0 spiro atoms. The fraction of sp³-hybridized carbons (Fsp3) is 1.00. The third-order valence-corrected chi connectivity index (χ3v) is 3.83. The lowest BCUT2D eigenvalue weighted by molar-refractivity contribution is -0.146. The van der Waals surface area contributed by atoms with E-state index in [0.717, 1.165) is 11.8 Å². The largest absolute Gasteiger partial charge is 0.391 e. The van der Waals surface area contributed by atoms with Crippen molar-refractivity contribution in [3.8, 4) is 0 Å². The summed E-state index contributed by atoms with van der Waals surface area (Å²) in [5.41, 5.74) is 0. The summed E-state index contributed by atoms with van der Waals surface area (Å²) in [6.07, 6.45) is 1.32. The van der Waals surface area contributed by atoms with Crippen LogP contribution in [0.3, 0.4) is 0 Å². The van der Waals surface area contributed by atoms with Gasteiger partial charge in [0.1, 0.15) is 0 Å². The quantitative estimate of drug-likeness (QED) is 0.507. The third kappa shape index (κ3) is 0.372. The van der Waals surface area contributed by atoms with E-state index in [1.54, 1.807) is 0 Å². The highest BCUT2D eigenvalue weighted by Crippen LogP contribution is 2.60. The lowest BCUT2D eigenvalue weighted by Gasteiger charge is -2.56. The van der Waals surface area contributed by atoms with Gasteiger partial charge in [0.25, 0.3) is 0 Å². The molecule has 1 N–H and O–H groups in total. The highest BCUT2D eigenvalue weighted by Gasteiger charge is 2.65. The maximum atomic E-state index is 9.55. The summed E-state index contributed by atoms with van der Waals surface area (Å²) in [7, 11) is 2.14. The Labute approximate surface area is 60.8 Å². The van der Waals surface area contributed by atoms with E-state index >= 15 is 0 Å². The van der Waals surface area contributed by atoms with Crippen molar-refractivity contribution in [3.05, 3.63) is 0 Å². The molecule has 0 aromatic heterocycles. The predicted molar refractivity (Wildman–Crippen MR) is 37.5 cm³/mol. The van der Waals surface area contributed by atoms with Crippen LogP contribution in [-0.2, 0) is 0 Å². The number of aliphatic hydroxyl groups excluding tert-OH is 1. The number of rotatable bonds is 0. The summed E-state index contributed by atoms with van der Waals surface area (Å²) < 4.78 is 0. The van der Waals surface area contributed by atoms with E-state index in [-0.39, 0.29) is 6.10 Å². The predicted octanol–water partition coefficient (Wildman–Crippen LogP) is -0.0728. The second-order valence-corrected chi connectivity index (χ2v) is 4.16. The van der Waals surface area contributed by atoms with Crippen molar-refractivity contribution in [2.24, 2.45) is 17.8 Å². The number of hydrogen-bond donors (Lipinski definition) is 1. The zero-order valence-corrected chi connectivity index (χ0v) is 6.20. The van der Waals surface area contributed by atoms with E-state index in [1.807, 2.05) is 0 Å². The van der Waals surface area contributed by atoms with Gasteiger partial charge < -0.3 is 10.0 Å². The number of aliphatic hydroxyl groups is 1. The molecular formula is C8H13NO. The molecule has 3 rings (SSSR count). The molecule has 56 valence electrons. The van der Waals surface area contributed by atoms with Crippen LogP contribution in [0.25, 0.3) is 0 Å². The van der Waals surface area contributed by atoms with Gasteiger partial charge in [0.05, 0.1) is 6.10 Å². The van der Waals surface area contributed by atoms with Crippen molar-refractivity contribution in [3.63, 3.8) is 0 Å². The smallest absolute Gasteiger partial charge is 0.0729 e. The second kappa shape index (κ2) is 1.41. The molecule has 2 aliphatic carbocycles. The highest BCUT2D eigenvalue weighted by molar-refractivity contribution is 5.16. The van der Waals surface area contributed by atoms with Crippen LogP contribution in [0.5, 0.6) is 0 Å². The third-order valence-electron chi connectivity index (χ3n) is 3.83. The number of hydrogen-bond acceptors (Lipinski definition) is 2. The van der Waals surface area contributed by atoms with E-state index in [4.69, 9.17) is 0 Å². The van der Waals surface area contributed by atoms with E-state index in [0.29, 0.717) is 12.0 Å². The Morgan fingerprint density at radius 1 is 1.50 bits per heavy atom. The summed E-state index contributed by atoms with van der Waals surface area (Å²) in [5.74, 6) is 2.53. The van der Waals surface area contributed by atoms with Crippen molar-refractivity contribution in [1.82, 2.24) is 4.90 Å². The molecule has 10 heavy (non-hydrogen) atoms. The van der Waals surface area contributed by atoms with Crippen LogP contribution in [-0.4, -0.2) is 35.7 Å². The van der Waals surface area contributed by atoms with Crippen molar-refractivity contribution in [2.45, 2.75) is 18.6 Å². The molecule has 1 heterocycles. The molecule has 5 atom stereocenters. The molecule has 0 amide bonds. The first-order chi connectivity index (χ1) is 4.79. The van der Waals surface area contributed by atoms with Crippen LogP contribution in [0.4, 0.5) is 0 Å². The Bertz CT molecular complexity index is 174. The molecule has 0 aromatic carbocycles. The van der Waals surface area contributed by atoms with Gasteiger partial charge in [-0.15, -0.1) is 0 Å². The Kier molecular flexibility index (Phi) is 0.783. The maximum absolute atomic E-state index is 9.55. The van der Waals surface area contributed by atoms with Crippen molar-refractivity contribution < 1.29 is 5.11 Å². The van der Waals surface area contributed by atoms with Gasteiger partial charge in [0.2, 0.25) is 0 Å². The fourth-order valence-corrected chi connectivity index (χ4v) is 3.29. The first-order valence-electron chi connectivity index (χ1n) is 4.17. The monoisotopic (exact) mass is 139 g/mol. The van der Waals surface area contributed by atoms with Gasteiger partial charge in [-0.25, -0.2) is 0 Å². The SMILES string of the molecule is CN1C[C@H]2CC3[C@H]2[C@H]1[C@H]3O. The van der Waals surface area contributed by atoms with Crippen molar-refractivity contribution in [1.29, 1.82) is 0 Å². The van der Waals surface area contributed by atoms with Crippen molar-refractivity contribution >= 4 is 0 Å². The van der Waals surface area contributed by atoms with E-state index in [1.165, 1.54) is 13.0 Å². The minimum atomic E-state index is 0.0220. The van der Waals surface area contributed by atoms with E-state index in [2.05, 4.69) is 11.9 Å². The van der Waals surface area contributed by atoms with Crippen LogP contribution in [0.15, 0.2) is 0 Å². The molecule has 1 unspecified atom stereocenters. The zero-order chi connectivity index (χ0) is 6.88. The lowest BCUT2D eigenvalue weighted by atomic mass is 9.51. The summed E-state index contributed by atoms with van der Waals surface area (Å²) in [6.45, 7) is 1.24. The molecule has 0 aromatic rings. The molecule has 1 saturated heterocycles. The van der Waals surface area contributed by atoms with Gasteiger partial charge in [-0.1, -0.05) is 0 Å². The highest BCUT2D eigenvalue weighted by atomic mass is 16.3. The van der Waals surface area contributed by atoms with Gasteiger partial charge in [0, 0.05) is 12.6 Å². The van der Waals surface area contributed by atoms with E-state index in [9.17, 15) is 5.11 Å². The topological polar surface area (TPSA) is 23.5 Å². The average Bonchev–Trinajstić information content (AvgIpc) is 1.97. The summed E-state index contributed by atoms with van der Waals surface area (Å²) in [4.78, 5) is 2.34. The molecule has 3 aliphatic rings. The Morgan fingerprint density at radius 2 is 2.30 bits per heavy atom. The first kappa shape index (κ1) is 5.56. The Morgan fingerprint density at radius 3 is 3.00 bits per heavy atom. The maximum Gasteiger partial charge on any atom is 0.0729 e.